The molecule has 3 aromatic rings. The minimum absolute atomic E-state index is 0.0247. The third-order valence-corrected chi connectivity index (χ3v) is 6.60. The maximum atomic E-state index is 6.52. The number of benzene rings is 3. The third kappa shape index (κ3) is 7.65. The highest BCUT2D eigenvalue weighted by atomic mass is 16.6. The van der Waals surface area contributed by atoms with Crippen LogP contribution in [0.1, 0.15) is 36.5 Å². The summed E-state index contributed by atoms with van der Waals surface area (Å²) in [6.45, 7) is 4.25. The van der Waals surface area contributed by atoms with Crippen LogP contribution >= 0.6 is 0 Å². The Kier molecular flexibility index (Phi) is 10.4. The smallest absolute Gasteiger partial charge is 0.118 e. The molecule has 1 aliphatic heterocycles. The summed E-state index contributed by atoms with van der Waals surface area (Å²) in [5, 5.41) is 0. The molecule has 0 N–H and O–H groups in total. The van der Waals surface area contributed by atoms with Gasteiger partial charge in [-0.2, -0.15) is 0 Å². The second-order valence-corrected chi connectivity index (χ2v) is 9.16. The molecule has 5 heteroatoms. The molecule has 36 heavy (non-hydrogen) atoms. The molecule has 0 radical (unpaired) electrons. The molecule has 1 saturated heterocycles. The van der Waals surface area contributed by atoms with Crippen LogP contribution in [-0.2, 0) is 38.6 Å². The van der Waals surface area contributed by atoms with E-state index in [0.29, 0.717) is 26.4 Å². The van der Waals surface area contributed by atoms with Gasteiger partial charge < -0.3 is 23.7 Å². The Morgan fingerprint density at radius 1 is 0.722 bits per heavy atom. The molecule has 2 unspecified atom stereocenters. The SMILES string of the molecule is CCC1OCC(OCc2ccc(OC)cc2)[C@H](OCc2ccccc2)[C@@H]1OCCCc1ccccc1. The number of methoxy groups -OCH3 is 1. The summed E-state index contributed by atoms with van der Waals surface area (Å²) >= 11 is 0. The van der Waals surface area contributed by atoms with E-state index in [4.69, 9.17) is 23.7 Å². The predicted octanol–water partition coefficient (Wildman–Crippen LogP) is 5.99. The van der Waals surface area contributed by atoms with Crippen LogP contribution in [0, 0.1) is 0 Å². The molecule has 4 atom stereocenters. The van der Waals surface area contributed by atoms with Gasteiger partial charge in [0.05, 0.1) is 33.0 Å². The fourth-order valence-electron chi connectivity index (χ4n) is 4.56. The van der Waals surface area contributed by atoms with E-state index < -0.39 is 0 Å². The van der Waals surface area contributed by atoms with Crippen molar-refractivity contribution in [3.05, 3.63) is 102 Å². The fourth-order valence-corrected chi connectivity index (χ4v) is 4.56. The highest BCUT2D eigenvalue weighted by Crippen LogP contribution is 2.27. The molecule has 4 rings (SSSR count). The lowest BCUT2D eigenvalue weighted by Gasteiger charge is -2.42. The molecular weight excluding hydrogens is 452 g/mol. The second kappa shape index (κ2) is 14.1. The Balaban J connectivity index is 1.41. The topological polar surface area (TPSA) is 46.2 Å². The van der Waals surface area contributed by atoms with Crippen molar-refractivity contribution in [2.24, 2.45) is 0 Å². The summed E-state index contributed by atoms with van der Waals surface area (Å²) in [6.07, 6.45) is 2.13. The van der Waals surface area contributed by atoms with Gasteiger partial charge in [-0.3, -0.25) is 0 Å². The van der Waals surface area contributed by atoms with Crippen LogP contribution in [0.25, 0.3) is 0 Å². The minimum Gasteiger partial charge on any atom is -0.497 e. The monoisotopic (exact) mass is 490 g/mol. The van der Waals surface area contributed by atoms with Gasteiger partial charge in [0.15, 0.2) is 0 Å². The lowest BCUT2D eigenvalue weighted by atomic mass is 9.97. The molecule has 3 aromatic carbocycles. The van der Waals surface area contributed by atoms with E-state index in [9.17, 15) is 0 Å². The van der Waals surface area contributed by atoms with Gasteiger partial charge in [0, 0.05) is 6.61 Å². The van der Waals surface area contributed by atoms with Crippen molar-refractivity contribution in [3.8, 4) is 5.75 Å². The number of aryl methyl sites for hydroxylation is 1. The maximum absolute atomic E-state index is 6.52. The van der Waals surface area contributed by atoms with E-state index in [1.807, 2.05) is 48.5 Å². The van der Waals surface area contributed by atoms with Gasteiger partial charge in [-0.1, -0.05) is 79.7 Å². The first-order chi connectivity index (χ1) is 17.8. The molecule has 0 saturated carbocycles. The Morgan fingerprint density at radius 3 is 2.03 bits per heavy atom. The predicted molar refractivity (Wildman–Crippen MR) is 141 cm³/mol. The average molecular weight is 491 g/mol. The van der Waals surface area contributed by atoms with E-state index in [0.717, 1.165) is 36.1 Å². The first-order valence-corrected chi connectivity index (χ1v) is 12.9. The number of rotatable bonds is 13. The van der Waals surface area contributed by atoms with Crippen LogP contribution in [0.5, 0.6) is 5.75 Å². The maximum Gasteiger partial charge on any atom is 0.118 e. The molecule has 5 nitrogen and oxygen atoms in total. The van der Waals surface area contributed by atoms with E-state index in [-0.39, 0.29) is 24.4 Å². The van der Waals surface area contributed by atoms with E-state index in [1.54, 1.807) is 7.11 Å². The van der Waals surface area contributed by atoms with E-state index in [2.05, 4.69) is 43.3 Å². The Hall–Kier alpha value is -2.70. The minimum atomic E-state index is -0.224. The molecule has 0 aromatic heterocycles. The molecule has 1 heterocycles. The first-order valence-electron chi connectivity index (χ1n) is 12.9. The summed E-state index contributed by atoms with van der Waals surface area (Å²) in [5.41, 5.74) is 3.54. The summed E-state index contributed by atoms with van der Waals surface area (Å²) in [6, 6.07) is 28.7. The van der Waals surface area contributed by atoms with Crippen molar-refractivity contribution in [1.82, 2.24) is 0 Å². The number of ether oxygens (including phenoxy) is 5. The van der Waals surface area contributed by atoms with Gasteiger partial charge >= 0.3 is 0 Å². The summed E-state index contributed by atoms with van der Waals surface area (Å²) in [5.74, 6) is 0.832. The lowest BCUT2D eigenvalue weighted by Crippen LogP contribution is -2.56. The van der Waals surface area contributed by atoms with Gasteiger partial charge in [-0.05, 0) is 48.1 Å². The third-order valence-electron chi connectivity index (χ3n) is 6.60. The van der Waals surface area contributed by atoms with Crippen LogP contribution in [0.4, 0.5) is 0 Å². The number of hydrogen-bond acceptors (Lipinski definition) is 5. The normalized spacial score (nSPS) is 21.8. The van der Waals surface area contributed by atoms with Gasteiger partial charge in [-0.15, -0.1) is 0 Å². The van der Waals surface area contributed by atoms with Crippen molar-refractivity contribution < 1.29 is 23.7 Å². The summed E-state index contributed by atoms with van der Waals surface area (Å²) < 4.78 is 30.9. The van der Waals surface area contributed by atoms with Gasteiger partial charge in [0.25, 0.3) is 0 Å². The Labute approximate surface area is 215 Å². The molecule has 192 valence electrons. The number of hydrogen-bond donors (Lipinski definition) is 0. The highest BCUT2D eigenvalue weighted by Gasteiger charge is 2.42. The van der Waals surface area contributed by atoms with Crippen LogP contribution < -0.4 is 4.74 Å². The lowest BCUT2D eigenvalue weighted by molar-refractivity contribution is -0.235. The highest BCUT2D eigenvalue weighted by molar-refractivity contribution is 5.26. The quantitative estimate of drug-likeness (QED) is 0.275. The molecule has 1 aliphatic rings. The zero-order chi connectivity index (χ0) is 25.0. The van der Waals surface area contributed by atoms with Gasteiger partial charge in [0.2, 0.25) is 0 Å². The molecule has 1 fully saturated rings. The standard InChI is InChI=1S/C31H38O5/c1-3-28-30(33-20-10-15-24-11-6-4-7-12-24)31(36-22-25-13-8-5-9-14-25)29(23-35-28)34-21-26-16-18-27(32-2)19-17-26/h4-9,11-14,16-19,28-31H,3,10,15,20-23H2,1-2H3/t28?,29?,30-,31+/m1/s1. The zero-order valence-corrected chi connectivity index (χ0v) is 21.4. The molecule has 0 aliphatic carbocycles. The van der Waals surface area contributed by atoms with Crippen LogP contribution in [0.2, 0.25) is 0 Å². The molecule has 0 amide bonds. The van der Waals surface area contributed by atoms with Crippen molar-refractivity contribution >= 4 is 0 Å². The molecular formula is C31H38O5. The average Bonchev–Trinajstić information content (AvgIpc) is 2.94. The van der Waals surface area contributed by atoms with Crippen LogP contribution in [-0.4, -0.2) is 44.7 Å². The Bertz CT molecular complexity index is 992. The summed E-state index contributed by atoms with van der Waals surface area (Å²) in [4.78, 5) is 0. The van der Waals surface area contributed by atoms with Gasteiger partial charge in [0.1, 0.15) is 24.1 Å². The van der Waals surface area contributed by atoms with E-state index >= 15 is 0 Å². The summed E-state index contributed by atoms with van der Waals surface area (Å²) in [7, 11) is 1.67. The largest absolute Gasteiger partial charge is 0.497 e. The van der Waals surface area contributed by atoms with Crippen molar-refractivity contribution in [1.29, 1.82) is 0 Å². The van der Waals surface area contributed by atoms with E-state index in [1.165, 1.54) is 5.56 Å². The van der Waals surface area contributed by atoms with Crippen LogP contribution in [0.3, 0.4) is 0 Å². The van der Waals surface area contributed by atoms with Crippen molar-refractivity contribution in [3.63, 3.8) is 0 Å². The van der Waals surface area contributed by atoms with Gasteiger partial charge in [-0.25, -0.2) is 0 Å². The second-order valence-electron chi connectivity index (χ2n) is 9.16. The Morgan fingerprint density at radius 2 is 1.36 bits per heavy atom. The van der Waals surface area contributed by atoms with Crippen molar-refractivity contribution in [2.45, 2.75) is 63.8 Å². The van der Waals surface area contributed by atoms with Crippen molar-refractivity contribution in [2.75, 3.05) is 20.3 Å². The molecule has 0 bridgehead atoms. The molecule has 0 spiro atoms. The first kappa shape index (κ1) is 26.4. The fraction of sp³-hybridized carbons (Fsp3) is 0.419. The zero-order valence-electron chi connectivity index (χ0n) is 21.4. The van der Waals surface area contributed by atoms with Crippen LogP contribution in [0.15, 0.2) is 84.9 Å².